The maximum absolute atomic E-state index is 12.1. The molecule has 90 valence electrons. The number of hydrogen-bond donors (Lipinski definition) is 0. The summed E-state index contributed by atoms with van der Waals surface area (Å²) in [5.74, 6) is -0.158. The zero-order valence-electron chi connectivity index (χ0n) is 11.3. The first-order valence-corrected chi connectivity index (χ1v) is 5.86. The monoisotopic (exact) mass is 223 g/mol. The fourth-order valence-electron chi connectivity index (χ4n) is 2.00. The lowest BCUT2D eigenvalue weighted by molar-refractivity contribution is -0.134. The zero-order valence-corrected chi connectivity index (χ0v) is 11.3. The summed E-state index contributed by atoms with van der Waals surface area (Å²) in [6.45, 7) is 12.2. The summed E-state index contributed by atoms with van der Waals surface area (Å²) in [6.07, 6.45) is 0.373. The quantitative estimate of drug-likeness (QED) is 0.503. The molecule has 0 N–H and O–H groups in total. The van der Waals surface area contributed by atoms with Gasteiger partial charge in [0.05, 0.1) is 5.92 Å². The molecule has 0 aromatic carbocycles. The summed E-state index contributed by atoms with van der Waals surface area (Å²) in [5.41, 5.74) is -0.126. The van der Waals surface area contributed by atoms with E-state index in [4.69, 9.17) is 0 Å². The standard InChI is InChI=1S/C12H22BNO2/c1-11(2,3)8-7-9(15)14(10(8)16)13-12(4,5)6/h8,13H,7H2,1-6H3. The lowest BCUT2D eigenvalue weighted by Gasteiger charge is -2.27. The summed E-state index contributed by atoms with van der Waals surface area (Å²) in [7, 11) is 0.525. The molecule has 0 aromatic rings. The molecule has 1 fully saturated rings. The van der Waals surface area contributed by atoms with E-state index >= 15 is 0 Å². The van der Waals surface area contributed by atoms with Crippen LogP contribution in [0.1, 0.15) is 48.0 Å². The van der Waals surface area contributed by atoms with E-state index < -0.39 is 0 Å². The SMILES string of the molecule is CC(C)(C)BN1C(=O)CC(C(C)(C)C)C1=O. The number of carbonyl (C=O) groups excluding carboxylic acids is 2. The van der Waals surface area contributed by atoms with Crippen LogP contribution in [-0.4, -0.2) is 24.0 Å². The van der Waals surface area contributed by atoms with E-state index in [9.17, 15) is 9.59 Å². The van der Waals surface area contributed by atoms with Crippen LogP contribution in [0.5, 0.6) is 0 Å². The van der Waals surface area contributed by atoms with Crippen LogP contribution in [0, 0.1) is 11.3 Å². The van der Waals surface area contributed by atoms with Crippen LogP contribution < -0.4 is 0 Å². The molecule has 0 aliphatic carbocycles. The molecule has 4 heteroatoms. The van der Waals surface area contributed by atoms with Crippen molar-refractivity contribution >= 4 is 19.2 Å². The lowest BCUT2D eigenvalue weighted by atomic mass is 9.63. The van der Waals surface area contributed by atoms with Gasteiger partial charge >= 0.3 is 0 Å². The molecule has 1 atom stereocenters. The maximum atomic E-state index is 12.1. The van der Waals surface area contributed by atoms with E-state index in [2.05, 4.69) is 0 Å². The number of imide groups is 1. The molecule has 1 aliphatic rings. The molecule has 0 bridgehead atoms. The predicted molar refractivity (Wildman–Crippen MR) is 66.3 cm³/mol. The van der Waals surface area contributed by atoms with E-state index in [1.165, 1.54) is 4.81 Å². The van der Waals surface area contributed by atoms with Gasteiger partial charge in [-0.25, -0.2) is 0 Å². The zero-order chi connectivity index (χ0) is 12.7. The van der Waals surface area contributed by atoms with Crippen molar-refractivity contribution in [3.8, 4) is 0 Å². The lowest BCUT2D eigenvalue weighted by Crippen LogP contribution is -2.40. The maximum Gasteiger partial charge on any atom is 0.255 e. The van der Waals surface area contributed by atoms with Crippen molar-refractivity contribution in [1.29, 1.82) is 0 Å². The van der Waals surface area contributed by atoms with E-state index in [1.807, 2.05) is 41.5 Å². The van der Waals surface area contributed by atoms with Gasteiger partial charge in [0.25, 0.3) is 7.41 Å². The van der Waals surface area contributed by atoms with Gasteiger partial charge < -0.3 is 4.81 Å². The molecular formula is C12H22BNO2. The Balaban J connectivity index is 2.84. The van der Waals surface area contributed by atoms with E-state index in [0.29, 0.717) is 13.8 Å². The minimum Gasteiger partial charge on any atom is -0.332 e. The van der Waals surface area contributed by atoms with Gasteiger partial charge in [-0.1, -0.05) is 41.5 Å². The first kappa shape index (κ1) is 13.3. The minimum absolute atomic E-state index is 0.00688. The highest BCUT2D eigenvalue weighted by molar-refractivity contribution is 6.46. The summed E-state index contributed by atoms with van der Waals surface area (Å²) in [4.78, 5) is 25.4. The summed E-state index contributed by atoms with van der Waals surface area (Å²) >= 11 is 0. The molecule has 1 aliphatic heterocycles. The van der Waals surface area contributed by atoms with Gasteiger partial charge in [-0.2, -0.15) is 0 Å². The van der Waals surface area contributed by atoms with Gasteiger partial charge in [0, 0.05) is 6.42 Å². The second-order valence-corrected chi connectivity index (χ2v) is 7.00. The van der Waals surface area contributed by atoms with Crippen molar-refractivity contribution < 1.29 is 9.59 Å². The Morgan fingerprint density at radius 2 is 1.62 bits per heavy atom. The van der Waals surface area contributed by atoms with Crippen LogP contribution in [-0.2, 0) is 9.59 Å². The second-order valence-electron chi connectivity index (χ2n) is 7.00. The fourth-order valence-corrected chi connectivity index (χ4v) is 2.00. The Kier molecular flexibility index (Phi) is 3.23. The average Bonchev–Trinajstić information content (AvgIpc) is 2.28. The Hall–Kier alpha value is -0.795. The number of hydrogen-bond acceptors (Lipinski definition) is 2. The van der Waals surface area contributed by atoms with Crippen molar-refractivity contribution in [1.82, 2.24) is 4.81 Å². The van der Waals surface area contributed by atoms with Crippen LogP contribution >= 0.6 is 0 Å². The van der Waals surface area contributed by atoms with Gasteiger partial charge in [-0.15, -0.1) is 0 Å². The molecule has 2 amide bonds. The van der Waals surface area contributed by atoms with E-state index in [1.54, 1.807) is 0 Å². The smallest absolute Gasteiger partial charge is 0.255 e. The molecule has 0 saturated carbocycles. The van der Waals surface area contributed by atoms with Crippen molar-refractivity contribution in [3.05, 3.63) is 0 Å². The topological polar surface area (TPSA) is 37.4 Å². The highest BCUT2D eigenvalue weighted by Crippen LogP contribution is 2.36. The number of rotatable bonds is 1. The summed E-state index contributed by atoms with van der Waals surface area (Å²) in [6, 6.07) is 0. The predicted octanol–water partition coefficient (Wildman–Crippen LogP) is 1.98. The van der Waals surface area contributed by atoms with Crippen molar-refractivity contribution in [2.75, 3.05) is 0 Å². The van der Waals surface area contributed by atoms with Gasteiger partial charge in [-0.05, 0) is 10.7 Å². The van der Waals surface area contributed by atoms with Gasteiger partial charge in [0.2, 0.25) is 11.8 Å². The normalized spacial score (nSPS) is 22.9. The second kappa shape index (κ2) is 3.90. The largest absolute Gasteiger partial charge is 0.332 e. The average molecular weight is 223 g/mol. The Morgan fingerprint density at radius 3 is 1.94 bits per heavy atom. The third-order valence-electron chi connectivity index (χ3n) is 2.92. The first-order chi connectivity index (χ1) is 7.02. The van der Waals surface area contributed by atoms with Crippen LogP contribution in [0.3, 0.4) is 0 Å². The molecular weight excluding hydrogens is 201 g/mol. The van der Waals surface area contributed by atoms with Crippen LogP contribution in [0.15, 0.2) is 0 Å². The van der Waals surface area contributed by atoms with Crippen molar-refractivity contribution in [2.45, 2.75) is 53.3 Å². The molecule has 0 spiro atoms. The Morgan fingerprint density at radius 1 is 1.12 bits per heavy atom. The highest BCUT2D eigenvalue weighted by atomic mass is 16.2. The Labute approximate surface area is 98.8 Å². The van der Waals surface area contributed by atoms with Crippen molar-refractivity contribution in [3.63, 3.8) is 0 Å². The molecule has 3 nitrogen and oxygen atoms in total. The Bertz CT molecular complexity index is 312. The van der Waals surface area contributed by atoms with Crippen LogP contribution in [0.25, 0.3) is 0 Å². The van der Waals surface area contributed by atoms with Crippen molar-refractivity contribution in [2.24, 2.45) is 11.3 Å². The minimum atomic E-state index is -0.151. The third-order valence-corrected chi connectivity index (χ3v) is 2.92. The molecule has 1 rings (SSSR count). The van der Waals surface area contributed by atoms with Gasteiger partial charge in [-0.3, -0.25) is 9.59 Å². The molecule has 1 heterocycles. The third kappa shape index (κ3) is 2.86. The highest BCUT2D eigenvalue weighted by Gasteiger charge is 2.45. The van der Waals surface area contributed by atoms with Gasteiger partial charge in [0.15, 0.2) is 0 Å². The number of amides is 2. The van der Waals surface area contributed by atoms with E-state index in [-0.39, 0.29) is 28.5 Å². The van der Waals surface area contributed by atoms with Gasteiger partial charge in [0.1, 0.15) is 0 Å². The molecule has 0 aromatic heterocycles. The fraction of sp³-hybridized carbons (Fsp3) is 0.833. The molecule has 1 saturated heterocycles. The molecule has 1 unspecified atom stereocenters. The number of nitrogens with zero attached hydrogens (tertiary/aromatic N) is 1. The number of carbonyl (C=O) groups is 2. The van der Waals surface area contributed by atoms with E-state index in [0.717, 1.165) is 0 Å². The van der Waals surface area contributed by atoms with Crippen LogP contribution in [0.2, 0.25) is 5.31 Å². The molecule has 16 heavy (non-hydrogen) atoms. The summed E-state index contributed by atoms with van der Waals surface area (Å²) < 4.78 is 0. The summed E-state index contributed by atoms with van der Waals surface area (Å²) in [5, 5.41) is -0.0297. The molecule has 0 radical (unpaired) electrons. The first-order valence-electron chi connectivity index (χ1n) is 5.86. The van der Waals surface area contributed by atoms with Crippen LogP contribution in [0.4, 0.5) is 0 Å².